The summed E-state index contributed by atoms with van der Waals surface area (Å²) in [5, 5.41) is 12.8. The number of likely N-dealkylation sites (tertiary alicyclic amines) is 1. The Labute approximate surface area is 325 Å². The Morgan fingerprint density at radius 3 is 1.70 bits per heavy atom. The maximum Gasteiger partial charge on any atom is 0.410 e. The Hall–Kier alpha value is -4.43. The molecule has 5 aromatic rings. The van der Waals surface area contributed by atoms with E-state index in [1.54, 1.807) is 4.90 Å². The maximum atomic E-state index is 12.6. The van der Waals surface area contributed by atoms with Gasteiger partial charge >= 0.3 is 6.09 Å². The van der Waals surface area contributed by atoms with Crippen LogP contribution in [0.2, 0.25) is 0 Å². The second-order valence-electron chi connectivity index (χ2n) is 14.9. The van der Waals surface area contributed by atoms with Crippen molar-refractivity contribution in [2.45, 2.75) is 83.3 Å². The molecular formula is C42H48N6O4Pd. The van der Waals surface area contributed by atoms with Gasteiger partial charge in [0, 0.05) is 93.5 Å². The molecule has 0 unspecified atom stereocenters. The number of hydrogen-bond acceptors (Lipinski definition) is 7. The molecule has 280 valence electrons. The average molecular weight is 807 g/mol. The van der Waals surface area contributed by atoms with Gasteiger partial charge in [-0.1, -0.05) is 54.6 Å². The molecule has 2 saturated heterocycles. The van der Waals surface area contributed by atoms with Crippen molar-refractivity contribution in [3.63, 3.8) is 0 Å². The van der Waals surface area contributed by atoms with Gasteiger partial charge in [0.1, 0.15) is 29.3 Å². The predicted molar refractivity (Wildman–Crippen MR) is 200 cm³/mol. The maximum absolute atomic E-state index is 12.6. The zero-order valence-corrected chi connectivity index (χ0v) is 32.4. The summed E-state index contributed by atoms with van der Waals surface area (Å²) in [5.74, 6) is 1.88. The second kappa shape index (κ2) is 15.1. The number of hydrogen-bond donors (Lipinski definition) is 1. The summed E-state index contributed by atoms with van der Waals surface area (Å²) in [6.45, 7) is 12.1. The number of carbonyl (C=O) groups is 1. The first kappa shape index (κ1) is 36.9. The van der Waals surface area contributed by atoms with Crippen molar-refractivity contribution in [2.24, 2.45) is 0 Å². The molecule has 0 radical (unpaired) electrons. The molecule has 1 amide bonds. The van der Waals surface area contributed by atoms with Crippen LogP contribution in [0.1, 0.15) is 82.2 Å². The number of para-hydroxylation sites is 2. The number of amides is 1. The number of aromatic nitrogens is 4. The first-order valence-corrected chi connectivity index (χ1v) is 18.7. The van der Waals surface area contributed by atoms with Gasteiger partial charge in [-0.25, -0.2) is 4.79 Å². The van der Waals surface area contributed by atoms with Gasteiger partial charge in [-0.05, 0) is 70.6 Å². The minimum atomic E-state index is -0.465. The number of rotatable bonds is 4. The van der Waals surface area contributed by atoms with E-state index in [0.717, 1.165) is 59.8 Å². The Kier molecular flexibility index (Phi) is 10.5. The van der Waals surface area contributed by atoms with Crippen molar-refractivity contribution < 1.29 is 39.4 Å². The molecule has 0 bridgehead atoms. The third-order valence-corrected chi connectivity index (χ3v) is 10.9. The zero-order chi connectivity index (χ0) is 35.9. The minimum Gasteiger partial charge on any atom is -0.482 e. The van der Waals surface area contributed by atoms with E-state index in [-0.39, 0.29) is 44.8 Å². The molecule has 9 rings (SSSR count). The molecule has 0 atom stereocenters. The molecule has 4 aliphatic heterocycles. The van der Waals surface area contributed by atoms with Crippen LogP contribution in [0.25, 0.3) is 22.5 Å². The molecule has 1 N–H and O–H groups in total. The topological polar surface area (TPSA) is 95.7 Å². The van der Waals surface area contributed by atoms with Crippen molar-refractivity contribution in [3.8, 4) is 34.0 Å². The molecule has 0 saturated carbocycles. The number of piperidine rings is 2. The van der Waals surface area contributed by atoms with Crippen molar-refractivity contribution in [2.75, 3.05) is 26.2 Å². The molecule has 3 aromatic carbocycles. The van der Waals surface area contributed by atoms with E-state index in [1.807, 2.05) is 60.9 Å². The standard InChI is InChI=1S/C25H27N3O3.C17H21N3O.Pd/c1-18(2)28-23-20-10-6-7-11-22(20)31-25(21(23)16-26-28)12-14-27(15-13-25)24(29)30-17-19-8-4-3-5-9-19;1-12(2)20-16-13-5-3-4-6-15(13)21-17(14(16)11-19-20)7-9-18-10-8-17;/h3-11,16,18H,12-15,17H2,1-2H3;3-6,11-12,18H,7-10H2,1-2H3;. The van der Waals surface area contributed by atoms with Crippen LogP contribution in [-0.4, -0.2) is 56.7 Å². The third kappa shape index (κ3) is 6.80. The molecule has 10 nitrogen and oxygen atoms in total. The summed E-state index contributed by atoms with van der Waals surface area (Å²) in [5.41, 5.74) is 7.33. The van der Waals surface area contributed by atoms with Crippen LogP contribution < -0.4 is 14.8 Å². The van der Waals surface area contributed by atoms with Gasteiger partial charge in [0.25, 0.3) is 0 Å². The number of nitrogens with zero attached hydrogens (tertiary/aromatic N) is 5. The summed E-state index contributed by atoms with van der Waals surface area (Å²) in [6.07, 6.45) is 7.12. The summed E-state index contributed by atoms with van der Waals surface area (Å²) in [4.78, 5) is 14.4. The largest absolute Gasteiger partial charge is 0.482 e. The number of nitrogens with one attached hydrogen (secondary N) is 1. The van der Waals surface area contributed by atoms with Crippen molar-refractivity contribution in [1.82, 2.24) is 29.8 Å². The normalized spacial score (nSPS) is 17.3. The predicted octanol–water partition coefficient (Wildman–Crippen LogP) is 8.25. The number of ether oxygens (including phenoxy) is 3. The molecule has 0 aliphatic carbocycles. The number of carbonyl (C=O) groups excluding carboxylic acids is 1. The molecule has 2 fully saturated rings. The Morgan fingerprint density at radius 2 is 1.19 bits per heavy atom. The molecular weight excluding hydrogens is 759 g/mol. The van der Waals surface area contributed by atoms with E-state index in [4.69, 9.17) is 19.3 Å². The summed E-state index contributed by atoms with van der Waals surface area (Å²) in [7, 11) is 0. The third-order valence-electron chi connectivity index (χ3n) is 10.9. The number of fused-ring (bicyclic) bond motifs is 8. The van der Waals surface area contributed by atoms with Gasteiger partial charge in [0.2, 0.25) is 0 Å². The Balaban J connectivity index is 0.000000173. The fourth-order valence-corrected chi connectivity index (χ4v) is 8.18. The van der Waals surface area contributed by atoms with Crippen LogP contribution in [0.3, 0.4) is 0 Å². The van der Waals surface area contributed by atoms with Crippen molar-refractivity contribution in [1.29, 1.82) is 0 Å². The molecule has 53 heavy (non-hydrogen) atoms. The summed E-state index contributed by atoms with van der Waals surface area (Å²) in [6, 6.07) is 26.9. The quantitative estimate of drug-likeness (QED) is 0.183. The Morgan fingerprint density at radius 1 is 0.717 bits per heavy atom. The molecule has 2 aromatic heterocycles. The average Bonchev–Trinajstić information content (AvgIpc) is 3.84. The van der Waals surface area contributed by atoms with Gasteiger partial charge in [0.05, 0.1) is 23.8 Å². The van der Waals surface area contributed by atoms with Crippen LogP contribution in [0.15, 0.2) is 91.3 Å². The van der Waals surface area contributed by atoms with Crippen molar-refractivity contribution in [3.05, 3.63) is 108 Å². The van der Waals surface area contributed by atoms with Crippen LogP contribution in [0.4, 0.5) is 4.79 Å². The molecule has 11 heteroatoms. The smallest absolute Gasteiger partial charge is 0.410 e. The second-order valence-corrected chi connectivity index (χ2v) is 14.9. The van der Waals surface area contributed by atoms with Gasteiger partial charge in [-0.15, -0.1) is 0 Å². The molecule has 2 spiro atoms. The minimum absolute atomic E-state index is 0. The first-order chi connectivity index (χ1) is 25.3. The van der Waals surface area contributed by atoms with E-state index in [1.165, 1.54) is 16.8 Å². The van der Waals surface area contributed by atoms with Gasteiger partial charge in [-0.2, -0.15) is 10.2 Å². The fraction of sp³-hybridized carbons (Fsp3) is 0.405. The van der Waals surface area contributed by atoms with E-state index < -0.39 is 5.60 Å². The van der Waals surface area contributed by atoms with E-state index >= 15 is 0 Å². The van der Waals surface area contributed by atoms with Crippen molar-refractivity contribution >= 4 is 6.09 Å². The first-order valence-electron chi connectivity index (χ1n) is 18.7. The van der Waals surface area contributed by atoms with Crippen LogP contribution in [0, 0.1) is 0 Å². The fourth-order valence-electron chi connectivity index (χ4n) is 8.18. The van der Waals surface area contributed by atoms with Gasteiger partial charge < -0.3 is 24.4 Å². The van der Waals surface area contributed by atoms with Crippen LogP contribution in [-0.2, 0) is 43.0 Å². The monoisotopic (exact) mass is 806 g/mol. The van der Waals surface area contributed by atoms with Crippen LogP contribution in [0.5, 0.6) is 11.5 Å². The van der Waals surface area contributed by atoms with Crippen LogP contribution >= 0.6 is 0 Å². The summed E-state index contributed by atoms with van der Waals surface area (Å²) < 4.78 is 22.8. The van der Waals surface area contributed by atoms with E-state index in [9.17, 15) is 4.79 Å². The van der Waals surface area contributed by atoms with E-state index in [0.29, 0.717) is 32.0 Å². The van der Waals surface area contributed by atoms with Gasteiger partial charge in [0.15, 0.2) is 0 Å². The SMILES string of the molecule is CC(C)n1ncc2c1-c1ccccc1OC21CCN(C(=O)OCc2ccccc2)CC1.CC(C)n1ncc2c1-c1ccccc1OC21CCNCC1.[Pd]. The van der Waals surface area contributed by atoms with E-state index in [2.05, 4.69) is 77.8 Å². The zero-order valence-electron chi connectivity index (χ0n) is 30.9. The molecule has 6 heterocycles. The number of benzene rings is 3. The molecule has 4 aliphatic rings. The Bertz CT molecular complexity index is 2040. The van der Waals surface area contributed by atoms with Gasteiger partial charge in [-0.3, -0.25) is 9.36 Å². The summed E-state index contributed by atoms with van der Waals surface area (Å²) >= 11 is 0.